The zero-order valence-corrected chi connectivity index (χ0v) is 10.7. The molecule has 0 radical (unpaired) electrons. The van der Waals surface area contributed by atoms with Gasteiger partial charge in [-0.25, -0.2) is 4.79 Å². The van der Waals surface area contributed by atoms with Crippen molar-refractivity contribution in [2.45, 2.75) is 12.5 Å². The topological polar surface area (TPSA) is 88.1 Å². The summed E-state index contributed by atoms with van der Waals surface area (Å²) in [5.74, 6) is -1.61. The van der Waals surface area contributed by atoms with Gasteiger partial charge in [0.15, 0.2) is 0 Å². The molecule has 0 bridgehead atoms. The molecular formula is C11H20N2O5. The van der Waals surface area contributed by atoms with E-state index in [1.807, 2.05) is 0 Å². The number of carboxylic acids is 1. The summed E-state index contributed by atoms with van der Waals surface area (Å²) in [7, 11) is 3.27. The first-order valence-corrected chi connectivity index (χ1v) is 5.87. The maximum atomic E-state index is 11.8. The van der Waals surface area contributed by atoms with E-state index in [-0.39, 0.29) is 19.2 Å². The van der Waals surface area contributed by atoms with Crippen molar-refractivity contribution in [3.8, 4) is 0 Å². The van der Waals surface area contributed by atoms with Gasteiger partial charge < -0.3 is 24.8 Å². The second-order valence-corrected chi connectivity index (χ2v) is 4.31. The lowest BCUT2D eigenvalue weighted by atomic mass is 10.0. The lowest BCUT2D eigenvalue weighted by molar-refractivity contribution is -0.142. The third-order valence-electron chi connectivity index (χ3n) is 2.90. The van der Waals surface area contributed by atoms with Crippen LogP contribution in [0, 0.1) is 5.92 Å². The average molecular weight is 260 g/mol. The Morgan fingerprint density at radius 2 is 2.22 bits per heavy atom. The molecule has 2 N–H and O–H groups in total. The Hall–Kier alpha value is -1.34. The SMILES string of the molecule is COCCCN(C)C(=O)NC1COCC1C(=O)O. The number of carbonyl (C=O) groups excluding carboxylic acids is 1. The number of methoxy groups -OCH3 is 1. The second kappa shape index (κ2) is 7.17. The number of ether oxygens (including phenoxy) is 2. The van der Waals surface area contributed by atoms with Gasteiger partial charge in [0, 0.05) is 27.3 Å². The molecule has 1 rings (SSSR count). The quantitative estimate of drug-likeness (QED) is 0.644. The number of rotatable bonds is 6. The maximum Gasteiger partial charge on any atom is 0.317 e. The van der Waals surface area contributed by atoms with Crippen molar-refractivity contribution in [2.24, 2.45) is 5.92 Å². The van der Waals surface area contributed by atoms with E-state index >= 15 is 0 Å². The summed E-state index contributed by atoms with van der Waals surface area (Å²) in [5, 5.41) is 11.6. The van der Waals surface area contributed by atoms with E-state index in [1.165, 1.54) is 4.90 Å². The van der Waals surface area contributed by atoms with Gasteiger partial charge in [0.05, 0.1) is 19.3 Å². The van der Waals surface area contributed by atoms with Gasteiger partial charge >= 0.3 is 12.0 Å². The molecule has 2 unspecified atom stereocenters. The Balaban J connectivity index is 2.36. The van der Waals surface area contributed by atoms with Gasteiger partial charge in [0.25, 0.3) is 0 Å². The number of nitrogens with zero attached hydrogens (tertiary/aromatic N) is 1. The minimum absolute atomic E-state index is 0.146. The van der Waals surface area contributed by atoms with E-state index in [4.69, 9.17) is 14.6 Å². The number of carboxylic acid groups (broad SMARTS) is 1. The van der Waals surface area contributed by atoms with Crippen LogP contribution in [0.15, 0.2) is 0 Å². The van der Waals surface area contributed by atoms with E-state index in [2.05, 4.69) is 5.32 Å². The molecule has 18 heavy (non-hydrogen) atoms. The van der Waals surface area contributed by atoms with Crippen molar-refractivity contribution in [1.29, 1.82) is 0 Å². The van der Waals surface area contributed by atoms with Crippen molar-refractivity contribution in [1.82, 2.24) is 10.2 Å². The largest absolute Gasteiger partial charge is 0.481 e. The van der Waals surface area contributed by atoms with Crippen LogP contribution >= 0.6 is 0 Å². The minimum atomic E-state index is -0.945. The number of nitrogens with one attached hydrogen (secondary N) is 1. The van der Waals surface area contributed by atoms with E-state index in [9.17, 15) is 9.59 Å². The summed E-state index contributed by atoms with van der Waals surface area (Å²) in [5.41, 5.74) is 0. The van der Waals surface area contributed by atoms with Crippen LogP contribution in [0.4, 0.5) is 4.79 Å². The van der Waals surface area contributed by atoms with Crippen molar-refractivity contribution >= 4 is 12.0 Å². The van der Waals surface area contributed by atoms with Crippen LogP contribution in [0.2, 0.25) is 0 Å². The monoisotopic (exact) mass is 260 g/mol. The zero-order chi connectivity index (χ0) is 13.5. The third kappa shape index (κ3) is 4.15. The fraction of sp³-hybridized carbons (Fsp3) is 0.818. The molecule has 1 fully saturated rings. The number of hydrogen-bond donors (Lipinski definition) is 2. The molecule has 1 aliphatic rings. The first-order valence-electron chi connectivity index (χ1n) is 5.87. The van der Waals surface area contributed by atoms with Crippen molar-refractivity contribution in [2.75, 3.05) is 40.5 Å². The number of aliphatic carboxylic acids is 1. The van der Waals surface area contributed by atoms with E-state index < -0.39 is 17.9 Å². The van der Waals surface area contributed by atoms with E-state index in [0.29, 0.717) is 13.2 Å². The molecule has 1 aliphatic heterocycles. The van der Waals surface area contributed by atoms with E-state index in [1.54, 1.807) is 14.2 Å². The van der Waals surface area contributed by atoms with Gasteiger partial charge in [-0.3, -0.25) is 4.79 Å². The Morgan fingerprint density at radius 1 is 1.50 bits per heavy atom. The van der Waals surface area contributed by atoms with Gasteiger partial charge in [0.1, 0.15) is 5.92 Å². The maximum absolute atomic E-state index is 11.8. The third-order valence-corrected chi connectivity index (χ3v) is 2.90. The first-order chi connectivity index (χ1) is 8.56. The summed E-state index contributed by atoms with van der Waals surface area (Å²) in [6, 6.07) is -0.743. The molecule has 0 aromatic heterocycles. The Kier molecular flexibility index (Phi) is 5.87. The molecule has 1 heterocycles. The standard InChI is InChI=1S/C11H20N2O5/c1-13(4-3-5-17-2)11(16)12-9-7-18-6-8(9)10(14)15/h8-9H,3-7H2,1-2H3,(H,12,16)(H,14,15). The molecule has 2 atom stereocenters. The average Bonchev–Trinajstić information content (AvgIpc) is 2.77. The molecule has 2 amide bonds. The Bertz CT molecular complexity index is 297. The first kappa shape index (κ1) is 14.7. The minimum Gasteiger partial charge on any atom is -0.481 e. The van der Waals surface area contributed by atoms with Gasteiger partial charge in [-0.2, -0.15) is 0 Å². The van der Waals surface area contributed by atoms with Gasteiger partial charge in [-0.1, -0.05) is 0 Å². The van der Waals surface area contributed by atoms with Gasteiger partial charge in [-0.15, -0.1) is 0 Å². The number of amides is 2. The summed E-state index contributed by atoms with van der Waals surface area (Å²) >= 11 is 0. The normalized spacial score (nSPS) is 22.8. The van der Waals surface area contributed by atoms with Gasteiger partial charge in [-0.05, 0) is 6.42 Å². The highest BCUT2D eigenvalue weighted by Crippen LogP contribution is 2.14. The number of carbonyl (C=O) groups is 2. The van der Waals surface area contributed by atoms with Crippen molar-refractivity contribution in [3.63, 3.8) is 0 Å². The van der Waals surface area contributed by atoms with Crippen LogP contribution in [-0.4, -0.2) is 68.6 Å². The van der Waals surface area contributed by atoms with Crippen molar-refractivity contribution in [3.05, 3.63) is 0 Å². The molecule has 7 heteroatoms. The highest BCUT2D eigenvalue weighted by atomic mass is 16.5. The van der Waals surface area contributed by atoms with Crippen LogP contribution in [0.3, 0.4) is 0 Å². The molecule has 0 aromatic rings. The fourth-order valence-corrected chi connectivity index (χ4v) is 1.76. The smallest absolute Gasteiger partial charge is 0.317 e. The molecule has 0 aliphatic carbocycles. The lowest BCUT2D eigenvalue weighted by Gasteiger charge is -2.22. The summed E-state index contributed by atoms with van der Waals surface area (Å²) < 4.78 is 9.97. The van der Waals surface area contributed by atoms with Gasteiger partial charge in [0.2, 0.25) is 0 Å². The van der Waals surface area contributed by atoms with Crippen molar-refractivity contribution < 1.29 is 24.2 Å². The molecule has 7 nitrogen and oxygen atoms in total. The van der Waals surface area contributed by atoms with Crippen LogP contribution in [0.1, 0.15) is 6.42 Å². The van der Waals surface area contributed by atoms with Crippen LogP contribution < -0.4 is 5.32 Å². The lowest BCUT2D eigenvalue weighted by Crippen LogP contribution is -2.48. The molecule has 0 aromatic carbocycles. The molecule has 104 valence electrons. The zero-order valence-electron chi connectivity index (χ0n) is 10.7. The second-order valence-electron chi connectivity index (χ2n) is 4.31. The molecule has 0 saturated carbocycles. The predicted molar refractivity (Wildman–Crippen MR) is 63.4 cm³/mol. The Labute approximate surface area is 106 Å². The highest BCUT2D eigenvalue weighted by molar-refractivity contribution is 5.77. The number of urea groups is 1. The fourth-order valence-electron chi connectivity index (χ4n) is 1.76. The molecule has 0 spiro atoms. The molecular weight excluding hydrogens is 240 g/mol. The summed E-state index contributed by atoms with van der Waals surface area (Å²) in [6.07, 6.45) is 0.740. The summed E-state index contributed by atoms with van der Waals surface area (Å²) in [6.45, 7) is 1.54. The van der Waals surface area contributed by atoms with Crippen LogP contribution in [0.5, 0.6) is 0 Å². The predicted octanol–water partition coefficient (Wildman–Crippen LogP) is -0.236. The number of hydrogen-bond acceptors (Lipinski definition) is 4. The molecule has 1 saturated heterocycles. The highest BCUT2D eigenvalue weighted by Gasteiger charge is 2.35. The van der Waals surface area contributed by atoms with Crippen LogP contribution in [-0.2, 0) is 14.3 Å². The Morgan fingerprint density at radius 3 is 2.83 bits per heavy atom. The van der Waals surface area contributed by atoms with E-state index in [0.717, 1.165) is 6.42 Å². The summed E-state index contributed by atoms with van der Waals surface area (Å²) in [4.78, 5) is 24.2. The van der Waals surface area contributed by atoms with Crippen LogP contribution in [0.25, 0.3) is 0 Å².